The first-order valence-electron chi connectivity index (χ1n) is 4.36. The Balaban J connectivity index is 2.45. The molecule has 1 aliphatic heterocycles. The number of carboxylic acid groups (broad SMARTS) is 1. The molecule has 0 fully saturated rings. The van der Waals surface area contributed by atoms with Gasteiger partial charge in [0, 0.05) is 12.0 Å². The van der Waals surface area contributed by atoms with E-state index in [2.05, 4.69) is 0 Å². The summed E-state index contributed by atoms with van der Waals surface area (Å²) in [5.41, 5.74) is 0.740. The summed E-state index contributed by atoms with van der Waals surface area (Å²) in [6.07, 6.45) is -0.103. The van der Waals surface area contributed by atoms with Crippen LogP contribution in [0.5, 0.6) is 5.75 Å². The predicted molar refractivity (Wildman–Crippen MR) is 48.5 cm³/mol. The fourth-order valence-corrected chi connectivity index (χ4v) is 1.51. The van der Waals surface area contributed by atoms with Crippen LogP contribution >= 0.6 is 0 Å². The Hall–Kier alpha value is -1.55. The smallest absolute Gasteiger partial charge is 0.335 e. The molecule has 0 amide bonds. The third kappa shape index (κ3) is 1.44. The van der Waals surface area contributed by atoms with Crippen molar-refractivity contribution in [3.05, 3.63) is 29.3 Å². The van der Waals surface area contributed by atoms with Crippen molar-refractivity contribution in [2.24, 2.45) is 0 Å². The molecule has 2 N–H and O–H groups in total. The quantitative estimate of drug-likeness (QED) is 0.704. The maximum absolute atomic E-state index is 10.7. The van der Waals surface area contributed by atoms with E-state index in [4.69, 9.17) is 9.84 Å². The van der Waals surface area contributed by atoms with Crippen LogP contribution in [0.1, 0.15) is 28.4 Å². The number of ether oxygens (including phenoxy) is 1. The Bertz CT molecular complexity index is 372. The van der Waals surface area contributed by atoms with E-state index in [1.54, 1.807) is 6.07 Å². The monoisotopic (exact) mass is 194 g/mol. The normalized spacial score (nSPS) is 19.6. The van der Waals surface area contributed by atoms with E-state index in [-0.39, 0.29) is 5.56 Å². The van der Waals surface area contributed by atoms with Crippen LogP contribution in [-0.2, 0) is 0 Å². The van der Waals surface area contributed by atoms with Crippen molar-refractivity contribution in [3.8, 4) is 5.75 Å². The SMILES string of the molecule is O=C(O)c1ccc2c(c1)C(O)CCO2. The molecule has 1 aromatic carbocycles. The van der Waals surface area contributed by atoms with E-state index in [1.165, 1.54) is 12.1 Å². The molecule has 0 spiro atoms. The van der Waals surface area contributed by atoms with Gasteiger partial charge in [-0.3, -0.25) is 0 Å². The van der Waals surface area contributed by atoms with Gasteiger partial charge in [-0.1, -0.05) is 0 Å². The highest BCUT2D eigenvalue weighted by Crippen LogP contribution is 2.32. The summed E-state index contributed by atoms with van der Waals surface area (Å²) >= 11 is 0. The lowest BCUT2D eigenvalue weighted by molar-refractivity contribution is 0.0695. The zero-order valence-corrected chi connectivity index (χ0v) is 7.43. The lowest BCUT2D eigenvalue weighted by Gasteiger charge is -2.22. The Morgan fingerprint density at radius 1 is 1.50 bits per heavy atom. The molecule has 0 radical (unpaired) electrons. The fraction of sp³-hybridized carbons (Fsp3) is 0.300. The number of hydrogen-bond acceptors (Lipinski definition) is 3. The summed E-state index contributed by atoms with van der Waals surface area (Å²) in [7, 11) is 0. The number of carbonyl (C=O) groups is 1. The van der Waals surface area contributed by atoms with Crippen LogP contribution in [0.3, 0.4) is 0 Å². The first-order chi connectivity index (χ1) is 6.68. The number of rotatable bonds is 1. The molecule has 1 aromatic rings. The second-order valence-corrected chi connectivity index (χ2v) is 3.21. The van der Waals surface area contributed by atoms with Crippen LogP contribution in [-0.4, -0.2) is 22.8 Å². The number of aliphatic hydroxyl groups excluding tert-OH is 1. The van der Waals surface area contributed by atoms with E-state index in [1.807, 2.05) is 0 Å². The van der Waals surface area contributed by atoms with Crippen LogP contribution in [0.25, 0.3) is 0 Å². The predicted octanol–water partition coefficient (Wildman–Crippen LogP) is 1.20. The van der Waals surface area contributed by atoms with Crippen LogP contribution < -0.4 is 4.74 Å². The van der Waals surface area contributed by atoms with E-state index in [0.29, 0.717) is 24.3 Å². The molecule has 1 aliphatic rings. The third-order valence-corrected chi connectivity index (χ3v) is 2.26. The molecule has 74 valence electrons. The maximum Gasteiger partial charge on any atom is 0.335 e. The molecule has 0 aromatic heterocycles. The van der Waals surface area contributed by atoms with E-state index >= 15 is 0 Å². The summed E-state index contributed by atoms with van der Waals surface area (Å²) in [5, 5.41) is 18.3. The van der Waals surface area contributed by atoms with Gasteiger partial charge in [-0.05, 0) is 18.2 Å². The van der Waals surface area contributed by atoms with Gasteiger partial charge in [-0.15, -0.1) is 0 Å². The second-order valence-electron chi connectivity index (χ2n) is 3.21. The first kappa shape index (κ1) is 9.02. The summed E-state index contributed by atoms with van der Waals surface area (Å²) in [6, 6.07) is 4.52. The van der Waals surface area contributed by atoms with E-state index in [9.17, 15) is 9.90 Å². The van der Waals surface area contributed by atoms with Crippen LogP contribution in [0, 0.1) is 0 Å². The van der Waals surface area contributed by atoms with Gasteiger partial charge in [0.2, 0.25) is 0 Å². The molecular weight excluding hydrogens is 184 g/mol. The molecule has 4 nitrogen and oxygen atoms in total. The average Bonchev–Trinajstić information content (AvgIpc) is 2.18. The lowest BCUT2D eigenvalue weighted by atomic mass is 10.0. The molecule has 1 unspecified atom stereocenters. The number of aliphatic hydroxyl groups is 1. The zero-order valence-electron chi connectivity index (χ0n) is 7.43. The Morgan fingerprint density at radius 2 is 2.29 bits per heavy atom. The van der Waals surface area contributed by atoms with Crippen molar-refractivity contribution in [2.45, 2.75) is 12.5 Å². The zero-order chi connectivity index (χ0) is 10.1. The standard InChI is InChI=1S/C10H10O4/c11-8-3-4-14-9-2-1-6(10(12)13)5-7(8)9/h1-2,5,8,11H,3-4H2,(H,12,13). The van der Waals surface area contributed by atoms with Crippen LogP contribution in [0.4, 0.5) is 0 Å². The van der Waals surface area contributed by atoms with Crippen LogP contribution in [0.2, 0.25) is 0 Å². The first-order valence-corrected chi connectivity index (χ1v) is 4.36. The van der Waals surface area contributed by atoms with Crippen molar-refractivity contribution in [1.82, 2.24) is 0 Å². The van der Waals surface area contributed by atoms with Crippen LogP contribution in [0.15, 0.2) is 18.2 Å². The minimum Gasteiger partial charge on any atom is -0.493 e. The van der Waals surface area contributed by atoms with Crippen molar-refractivity contribution in [1.29, 1.82) is 0 Å². The van der Waals surface area contributed by atoms with Gasteiger partial charge in [0.25, 0.3) is 0 Å². The van der Waals surface area contributed by atoms with Gasteiger partial charge < -0.3 is 14.9 Å². The van der Waals surface area contributed by atoms with Gasteiger partial charge in [0.15, 0.2) is 0 Å². The number of hydrogen-bond donors (Lipinski definition) is 2. The summed E-state index contributed by atoms with van der Waals surface area (Å²) in [6.45, 7) is 0.473. The van der Waals surface area contributed by atoms with Crippen molar-refractivity contribution in [3.63, 3.8) is 0 Å². The number of fused-ring (bicyclic) bond motifs is 1. The largest absolute Gasteiger partial charge is 0.493 e. The molecule has 1 atom stereocenters. The highest BCUT2D eigenvalue weighted by Gasteiger charge is 2.20. The second kappa shape index (κ2) is 3.31. The molecule has 0 saturated carbocycles. The molecule has 1 heterocycles. The maximum atomic E-state index is 10.7. The minimum atomic E-state index is -0.995. The molecule has 0 saturated heterocycles. The van der Waals surface area contributed by atoms with E-state index < -0.39 is 12.1 Å². The Kier molecular flexibility index (Phi) is 2.13. The summed E-state index contributed by atoms with van der Waals surface area (Å²) in [5.74, 6) is -0.417. The Labute approximate surface area is 80.7 Å². The van der Waals surface area contributed by atoms with Crippen molar-refractivity contribution >= 4 is 5.97 Å². The summed E-state index contributed by atoms with van der Waals surface area (Å²) < 4.78 is 5.28. The molecular formula is C10H10O4. The van der Waals surface area contributed by atoms with Gasteiger partial charge in [-0.2, -0.15) is 0 Å². The van der Waals surface area contributed by atoms with Gasteiger partial charge >= 0.3 is 5.97 Å². The molecule has 0 bridgehead atoms. The van der Waals surface area contributed by atoms with Crippen molar-refractivity contribution < 1.29 is 19.7 Å². The van der Waals surface area contributed by atoms with Gasteiger partial charge in [0.05, 0.1) is 18.3 Å². The average molecular weight is 194 g/mol. The molecule has 0 aliphatic carbocycles. The Morgan fingerprint density at radius 3 is 3.00 bits per heavy atom. The van der Waals surface area contributed by atoms with Crippen molar-refractivity contribution in [2.75, 3.05) is 6.61 Å². The van der Waals surface area contributed by atoms with E-state index in [0.717, 1.165) is 0 Å². The summed E-state index contributed by atoms with van der Waals surface area (Å²) in [4.78, 5) is 10.7. The third-order valence-electron chi connectivity index (χ3n) is 2.26. The van der Waals surface area contributed by atoms with Gasteiger partial charge in [-0.25, -0.2) is 4.79 Å². The highest BCUT2D eigenvalue weighted by atomic mass is 16.5. The number of aromatic carboxylic acids is 1. The topological polar surface area (TPSA) is 66.8 Å². The minimum absolute atomic E-state index is 0.174. The van der Waals surface area contributed by atoms with Gasteiger partial charge in [0.1, 0.15) is 5.75 Å². The molecule has 14 heavy (non-hydrogen) atoms. The molecule has 2 rings (SSSR count). The fourth-order valence-electron chi connectivity index (χ4n) is 1.51. The lowest BCUT2D eigenvalue weighted by Crippen LogP contribution is -2.14. The number of carboxylic acids is 1. The molecule has 4 heteroatoms. The highest BCUT2D eigenvalue weighted by molar-refractivity contribution is 5.88. The number of benzene rings is 1.